The molecule has 0 aromatic heterocycles. The van der Waals surface area contributed by atoms with Gasteiger partial charge in [0.25, 0.3) is 0 Å². The molecule has 0 aliphatic heterocycles. The van der Waals surface area contributed by atoms with Crippen molar-refractivity contribution in [1.29, 1.82) is 0 Å². The van der Waals surface area contributed by atoms with Crippen LogP contribution < -0.4 is 0 Å². The smallest absolute Gasteiger partial charge is 0.242 e. The Hall–Kier alpha value is -0.703. The standard InChI is InChI=1S/C12H24O2Si/c1-11(14-15(5,6)7)8-9-13-10-12(2,3)4/h8-9H,1,10H2,2-7H3/b9-8+. The van der Waals surface area contributed by atoms with E-state index in [9.17, 15) is 0 Å². The summed E-state index contributed by atoms with van der Waals surface area (Å²) < 4.78 is 11.0. The van der Waals surface area contributed by atoms with Crippen molar-refractivity contribution in [2.75, 3.05) is 6.61 Å². The van der Waals surface area contributed by atoms with Crippen molar-refractivity contribution in [2.45, 2.75) is 40.4 Å². The summed E-state index contributed by atoms with van der Waals surface area (Å²) in [4.78, 5) is 0. The van der Waals surface area contributed by atoms with Gasteiger partial charge < -0.3 is 9.16 Å². The highest BCUT2D eigenvalue weighted by atomic mass is 28.4. The van der Waals surface area contributed by atoms with Crippen LogP contribution in [0.1, 0.15) is 20.8 Å². The summed E-state index contributed by atoms with van der Waals surface area (Å²) in [6.07, 6.45) is 3.44. The molecule has 0 spiro atoms. The predicted octanol–water partition coefficient (Wildman–Crippen LogP) is 3.93. The Bertz CT molecular complexity index is 231. The van der Waals surface area contributed by atoms with Crippen LogP contribution in [0.2, 0.25) is 19.6 Å². The molecule has 0 aromatic carbocycles. The molecule has 2 nitrogen and oxygen atoms in total. The van der Waals surface area contributed by atoms with Crippen molar-refractivity contribution in [1.82, 2.24) is 0 Å². The molecular weight excluding hydrogens is 204 g/mol. The van der Waals surface area contributed by atoms with E-state index in [2.05, 4.69) is 47.0 Å². The third-order valence-corrected chi connectivity index (χ3v) is 2.18. The summed E-state index contributed by atoms with van der Waals surface area (Å²) in [5.41, 5.74) is 0.186. The quantitative estimate of drug-likeness (QED) is 0.403. The van der Waals surface area contributed by atoms with Crippen LogP contribution in [-0.4, -0.2) is 14.9 Å². The average Bonchev–Trinajstić information content (AvgIpc) is 1.92. The topological polar surface area (TPSA) is 18.5 Å². The summed E-state index contributed by atoms with van der Waals surface area (Å²) in [6.45, 7) is 17.3. The van der Waals surface area contributed by atoms with E-state index < -0.39 is 8.32 Å². The van der Waals surface area contributed by atoms with Gasteiger partial charge in [-0.05, 0) is 25.1 Å². The maximum Gasteiger partial charge on any atom is 0.242 e. The Kier molecular flexibility index (Phi) is 5.15. The van der Waals surface area contributed by atoms with E-state index in [1.165, 1.54) is 0 Å². The number of hydrogen-bond donors (Lipinski definition) is 0. The van der Waals surface area contributed by atoms with Crippen LogP contribution in [0.3, 0.4) is 0 Å². The van der Waals surface area contributed by atoms with Gasteiger partial charge in [0, 0.05) is 6.08 Å². The van der Waals surface area contributed by atoms with E-state index in [-0.39, 0.29) is 5.41 Å². The molecule has 3 heteroatoms. The molecule has 0 aliphatic rings. The van der Waals surface area contributed by atoms with E-state index in [4.69, 9.17) is 9.16 Å². The summed E-state index contributed by atoms with van der Waals surface area (Å²) in [5.74, 6) is 0.683. The van der Waals surface area contributed by atoms with Gasteiger partial charge in [-0.3, -0.25) is 0 Å². The fourth-order valence-corrected chi connectivity index (χ4v) is 1.70. The minimum Gasteiger partial charge on any atom is -0.545 e. The lowest BCUT2D eigenvalue weighted by molar-refractivity contribution is 0.151. The fraction of sp³-hybridized carbons (Fsp3) is 0.667. The van der Waals surface area contributed by atoms with Gasteiger partial charge in [-0.15, -0.1) is 0 Å². The molecule has 0 fully saturated rings. The van der Waals surface area contributed by atoms with Gasteiger partial charge in [0.2, 0.25) is 8.32 Å². The molecule has 0 N–H and O–H groups in total. The summed E-state index contributed by atoms with van der Waals surface area (Å²) in [7, 11) is -1.52. The van der Waals surface area contributed by atoms with Crippen molar-refractivity contribution in [2.24, 2.45) is 5.41 Å². The molecule has 88 valence electrons. The summed E-state index contributed by atoms with van der Waals surface area (Å²) in [5, 5.41) is 0. The van der Waals surface area contributed by atoms with Gasteiger partial charge >= 0.3 is 0 Å². The van der Waals surface area contributed by atoms with Crippen LogP contribution in [0.25, 0.3) is 0 Å². The molecule has 0 aromatic rings. The first kappa shape index (κ1) is 14.3. The van der Waals surface area contributed by atoms with Crippen molar-refractivity contribution in [3.05, 3.63) is 24.7 Å². The number of ether oxygens (including phenoxy) is 1. The highest BCUT2D eigenvalue weighted by Gasteiger charge is 2.15. The average molecular weight is 228 g/mol. The van der Waals surface area contributed by atoms with Gasteiger partial charge in [-0.2, -0.15) is 0 Å². The highest BCUT2D eigenvalue weighted by Crippen LogP contribution is 2.13. The normalized spacial score (nSPS) is 12.9. The molecule has 0 saturated heterocycles. The van der Waals surface area contributed by atoms with Gasteiger partial charge in [0.1, 0.15) is 0 Å². The Morgan fingerprint density at radius 1 is 1.27 bits per heavy atom. The molecule has 0 aliphatic carbocycles. The van der Waals surface area contributed by atoms with E-state index in [0.717, 1.165) is 0 Å². The second-order valence-corrected chi connectivity index (χ2v) is 10.3. The minimum atomic E-state index is -1.52. The molecule has 0 atom stereocenters. The third kappa shape index (κ3) is 11.2. The maximum atomic E-state index is 5.65. The van der Waals surface area contributed by atoms with Gasteiger partial charge in [0.05, 0.1) is 18.6 Å². The van der Waals surface area contributed by atoms with Crippen LogP contribution >= 0.6 is 0 Å². The molecule has 15 heavy (non-hydrogen) atoms. The first-order valence-corrected chi connectivity index (χ1v) is 8.67. The zero-order valence-corrected chi connectivity index (χ0v) is 11.9. The first-order chi connectivity index (χ1) is 6.60. The SMILES string of the molecule is C=C(/C=C/OCC(C)(C)C)O[Si](C)(C)C. The molecule has 0 amide bonds. The maximum absolute atomic E-state index is 5.65. The summed E-state index contributed by atoms with van der Waals surface area (Å²) >= 11 is 0. The van der Waals surface area contributed by atoms with Crippen LogP contribution in [-0.2, 0) is 9.16 Å². The van der Waals surface area contributed by atoms with Gasteiger partial charge in [-0.1, -0.05) is 27.4 Å². The van der Waals surface area contributed by atoms with E-state index >= 15 is 0 Å². The van der Waals surface area contributed by atoms with Crippen LogP contribution in [0.5, 0.6) is 0 Å². The van der Waals surface area contributed by atoms with Gasteiger partial charge in [-0.25, -0.2) is 0 Å². The lowest BCUT2D eigenvalue weighted by atomic mass is 9.99. The van der Waals surface area contributed by atoms with E-state index in [1.807, 2.05) is 0 Å². The molecule has 0 saturated carbocycles. The number of rotatable bonds is 5. The second kappa shape index (κ2) is 5.40. The van der Waals surface area contributed by atoms with Gasteiger partial charge in [0.15, 0.2) is 0 Å². The molecule has 0 heterocycles. The molecule has 0 rings (SSSR count). The Morgan fingerprint density at radius 3 is 2.20 bits per heavy atom. The minimum absolute atomic E-state index is 0.186. The molecule has 0 radical (unpaired) electrons. The van der Waals surface area contributed by atoms with Crippen LogP contribution in [0.15, 0.2) is 24.7 Å². The van der Waals surface area contributed by atoms with Crippen LogP contribution in [0.4, 0.5) is 0 Å². The monoisotopic (exact) mass is 228 g/mol. The Labute approximate surface area is 95.1 Å². The van der Waals surface area contributed by atoms with E-state index in [1.54, 1.807) is 12.3 Å². The first-order valence-electron chi connectivity index (χ1n) is 5.26. The summed E-state index contributed by atoms with van der Waals surface area (Å²) in [6, 6.07) is 0. The lowest BCUT2D eigenvalue weighted by Gasteiger charge is -2.19. The number of allylic oxidation sites excluding steroid dienone is 1. The van der Waals surface area contributed by atoms with Crippen molar-refractivity contribution < 1.29 is 9.16 Å². The van der Waals surface area contributed by atoms with Crippen molar-refractivity contribution in [3.63, 3.8) is 0 Å². The zero-order chi connectivity index (χ0) is 12.1. The molecule has 0 bridgehead atoms. The lowest BCUT2D eigenvalue weighted by Crippen LogP contribution is -2.24. The largest absolute Gasteiger partial charge is 0.545 e. The predicted molar refractivity (Wildman–Crippen MR) is 68.1 cm³/mol. The fourth-order valence-electron chi connectivity index (χ4n) is 0.849. The van der Waals surface area contributed by atoms with Crippen LogP contribution in [0, 0.1) is 5.41 Å². The Balaban J connectivity index is 3.84. The number of hydrogen-bond acceptors (Lipinski definition) is 2. The molecular formula is C12H24O2Si. The molecule has 0 unspecified atom stereocenters. The van der Waals surface area contributed by atoms with Crippen molar-refractivity contribution in [3.8, 4) is 0 Å². The van der Waals surface area contributed by atoms with E-state index in [0.29, 0.717) is 12.4 Å². The Morgan fingerprint density at radius 2 is 1.80 bits per heavy atom. The zero-order valence-electron chi connectivity index (χ0n) is 10.9. The third-order valence-electron chi connectivity index (χ3n) is 1.30. The van der Waals surface area contributed by atoms with Crippen molar-refractivity contribution >= 4 is 8.32 Å². The highest BCUT2D eigenvalue weighted by molar-refractivity contribution is 6.70. The second-order valence-electron chi connectivity index (χ2n) is 5.86.